The number of amides is 5. The highest BCUT2D eigenvalue weighted by molar-refractivity contribution is 6.06. The Hall–Kier alpha value is -4.15. The first kappa shape index (κ1) is 25.5. The number of methoxy groups -OCH3 is 1. The van der Waals surface area contributed by atoms with Crippen LogP contribution in [0.1, 0.15) is 48.9 Å². The highest BCUT2D eigenvalue weighted by Crippen LogP contribution is 2.46. The summed E-state index contributed by atoms with van der Waals surface area (Å²) in [6, 6.07) is 8.36. The first-order chi connectivity index (χ1) is 18.2. The van der Waals surface area contributed by atoms with Gasteiger partial charge in [0.15, 0.2) is 0 Å². The summed E-state index contributed by atoms with van der Waals surface area (Å²) in [5.74, 6) is -1.09. The molecule has 0 saturated carbocycles. The Bertz CT molecular complexity index is 1330. The molecular formula is C27H29FN4O6. The van der Waals surface area contributed by atoms with E-state index in [1.165, 1.54) is 26.3 Å². The van der Waals surface area contributed by atoms with Gasteiger partial charge in [0.2, 0.25) is 11.5 Å². The summed E-state index contributed by atoms with van der Waals surface area (Å²) in [6.07, 6.45) is 1.19. The summed E-state index contributed by atoms with van der Waals surface area (Å²) in [4.78, 5) is 54.2. The Morgan fingerprint density at radius 1 is 1.18 bits per heavy atom. The van der Waals surface area contributed by atoms with Crippen LogP contribution in [0.15, 0.2) is 36.4 Å². The minimum Gasteiger partial charge on any atom is -0.496 e. The van der Waals surface area contributed by atoms with E-state index in [1.807, 2.05) is 6.92 Å². The molecule has 3 aliphatic rings. The fourth-order valence-electron chi connectivity index (χ4n) is 5.81. The maximum Gasteiger partial charge on any atom is 0.418 e. The molecule has 200 valence electrons. The molecule has 0 radical (unpaired) electrons. The highest BCUT2D eigenvalue weighted by Gasteiger charge is 2.58. The maximum absolute atomic E-state index is 13.8. The van der Waals surface area contributed by atoms with Gasteiger partial charge in [-0.15, -0.1) is 0 Å². The van der Waals surface area contributed by atoms with E-state index in [1.54, 1.807) is 29.2 Å². The molecule has 2 heterocycles. The van der Waals surface area contributed by atoms with Crippen LogP contribution in [-0.4, -0.2) is 60.5 Å². The Morgan fingerprint density at radius 2 is 1.97 bits per heavy atom. The second-order valence-corrected chi connectivity index (χ2v) is 9.79. The number of urea groups is 1. The predicted molar refractivity (Wildman–Crippen MR) is 134 cm³/mol. The van der Waals surface area contributed by atoms with E-state index >= 15 is 0 Å². The normalized spacial score (nSPS) is 24.0. The van der Waals surface area contributed by atoms with Gasteiger partial charge in [0.05, 0.1) is 13.2 Å². The molecular weight excluding hydrogens is 495 g/mol. The molecule has 1 aliphatic carbocycles. The van der Waals surface area contributed by atoms with Gasteiger partial charge in [-0.25, -0.2) is 18.9 Å². The zero-order valence-corrected chi connectivity index (χ0v) is 21.4. The van der Waals surface area contributed by atoms with Crippen LogP contribution in [0, 0.1) is 5.82 Å². The zero-order valence-electron chi connectivity index (χ0n) is 21.4. The first-order valence-corrected chi connectivity index (χ1v) is 12.5. The van der Waals surface area contributed by atoms with Crippen molar-refractivity contribution in [2.45, 2.75) is 50.3 Å². The molecule has 5 amide bonds. The molecule has 0 bridgehead atoms. The minimum atomic E-state index is -1.49. The number of imide groups is 1. The van der Waals surface area contributed by atoms with Crippen molar-refractivity contribution in [1.82, 2.24) is 15.1 Å². The van der Waals surface area contributed by atoms with Gasteiger partial charge < -0.3 is 25.0 Å². The van der Waals surface area contributed by atoms with Crippen molar-refractivity contribution in [2.75, 3.05) is 26.0 Å². The summed E-state index contributed by atoms with van der Waals surface area (Å²) in [7, 11) is 2.95. The van der Waals surface area contributed by atoms with Crippen molar-refractivity contribution in [3.63, 3.8) is 0 Å². The number of halogens is 1. The monoisotopic (exact) mass is 524 g/mol. The number of likely N-dealkylation sites (tertiary alicyclic amines) is 1. The number of benzene rings is 2. The highest BCUT2D eigenvalue weighted by atomic mass is 19.1. The number of nitrogens with zero attached hydrogens (tertiary/aromatic N) is 2. The fraction of sp³-hybridized carbons (Fsp3) is 0.407. The van der Waals surface area contributed by atoms with Gasteiger partial charge >= 0.3 is 12.1 Å². The summed E-state index contributed by atoms with van der Waals surface area (Å²) in [5.41, 5.74) is 1.06. The quantitative estimate of drug-likeness (QED) is 0.619. The molecule has 2 saturated heterocycles. The van der Waals surface area contributed by atoms with Gasteiger partial charge in [0.1, 0.15) is 18.1 Å². The van der Waals surface area contributed by atoms with Crippen LogP contribution in [0.25, 0.3) is 0 Å². The molecule has 10 nitrogen and oxygen atoms in total. The molecule has 2 fully saturated rings. The van der Waals surface area contributed by atoms with Crippen LogP contribution in [0.3, 0.4) is 0 Å². The summed E-state index contributed by atoms with van der Waals surface area (Å²) in [6.45, 7) is 1.44. The molecule has 3 atom stereocenters. The lowest BCUT2D eigenvalue weighted by atomic mass is 9.94. The number of rotatable bonds is 5. The summed E-state index contributed by atoms with van der Waals surface area (Å²) in [5, 5.41) is 5.16. The van der Waals surface area contributed by atoms with Gasteiger partial charge in [0, 0.05) is 42.4 Å². The molecule has 11 heteroatoms. The molecule has 5 rings (SSSR count). The second kappa shape index (κ2) is 9.62. The third-order valence-electron chi connectivity index (χ3n) is 7.65. The van der Waals surface area contributed by atoms with Crippen LogP contribution in [0.5, 0.6) is 5.75 Å². The molecule has 2 aromatic rings. The number of carbonyl (C=O) groups is 4. The van der Waals surface area contributed by atoms with E-state index in [9.17, 15) is 23.6 Å². The van der Waals surface area contributed by atoms with Crippen LogP contribution in [0.4, 0.5) is 19.7 Å². The molecule has 0 aromatic heterocycles. The molecule has 2 unspecified atom stereocenters. The van der Waals surface area contributed by atoms with Crippen LogP contribution in [-0.2, 0) is 26.3 Å². The second-order valence-electron chi connectivity index (χ2n) is 9.79. The van der Waals surface area contributed by atoms with Crippen LogP contribution in [0.2, 0.25) is 0 Å². The number of hydrogen-bond acceptors (Lipinski definition) is 6. The van der Waals surface area contributed by atoms with Gasteiger partial charge in [-0.3, -0.25) is 9.59 Å². The van der Waals surface area contributed by atoms with Gasteiger partial charge in [-0.1, -0.05) is 12.1 Å². The largest absolute Gasteiger partial charge is 0.496 e. The van der Waals surface area contributed by atoms with E-state index in [4.69, 9.17) is 9.47 Å². The van der Waals surface area contributed by atoms with Crippen molar-refractivity contribution in [3.8, 4) is 5.75 Å². The van der Waals surface area contributed by atoms with Crippen molar-refractivity contribution in [1.29, 1.82) is 0 Å². The molecule has 2 aromatic carbocycles. The standard InChI is InChI=1S/C27H29FN4O6/c1-15-4-9-21(19-7-5-17(28)13-22(19)37-3)32(15)23(33)14-31-24(34)27(38-26(31)36)11-10-16-12-18(6-8-20(16)27)30-25(35)29-2/h5-8,12-13,15,21H,4,9-11,14H2,1-3H3,(H2,29,30,35)/t15?,21?,27-/m1/s1. The number of aryl methyl sites for hydroxylation is 1. The van der Waals surface area contributed by atoms with E-state index in [-0.39, 0.29) is 24.5 Å². The van der Waals surface area contributed by atoms with Gasteiger partial charge in [-0.05, 0) is 49.9 Å². The number of carbonyl (C=O) groups excluding carboxylic acids is 4. The zero-order chi connectivity index (χ0) is 27.2. The SMILES string of the molecule is CNC(=O)Nc1ccc2c(c1)CC[C@@]21OC(=O)N(CC(=O)N2C(C)CCC2c2ccc(F)cc2OC)C1=O. The minimum absolute atomic E-state index is 0.150. The van der Waals surface area contributed by atoms with E-state index in [2.05, 4.69) is 10.6 Å². The third-order valence-corrected chi connectivity index (χ3v) is 7.65. The van der Waals surface area contributed by atoms with Crippen molar-refractivity contribution < 1.29 is 33.0 Å². The lowest BCUT2D eigenvalue weighted by Crippen LogP contribution is -2.46. The first-order valence-electron chi connectivity index (χ1n) is 12.5. The smallest absolute Gasteiger partial charge is 0.418 e. The third kappa shape index (κ3) is 4.11. The fourth-order valence-corrected chi connectivity index (χ4v) is 5.81. The number of nitrogens with one attached hydrogen (secondary N) is 2. The number of fused-ring (bicyclic) bond motifs is 2. The lowest BCUT2D eigenvalue weighted by Gasteiger charge is -2.31. The number of hydrogen-bond donors (Lipinski definition) is 2. The Kier molecular flexibility index (Phi) is 6.46. The van der Waals surface area contributed by atoms with Crippen molar-refractivity contribution in [2.24, 2.45) is 0 Å². The number of ether oxygens (including phenoxy) is 2. The molecule has 2 aliphatic heterocycles. The lowest BCUT2D eigenvalue weighted by molar-refractivity contribution is -0.143. The average molecular weight is 525 g/mol. The average Bonchev–Trinajstić information content (AvgIpc) is 3.53. The Labute approximate surface area is 219 Å². The van der Waals surface area contributed by atoms with E-state index in [0.29, 0.717) is 41.8 Å². The maximum atomic E-state index is 13.8. The van der Waals surface area contributed by atoms with Crippen molar-refractivity contribution >= 4 is 29.6 Å². The van der Waals surface area contributed by atoms with Crippen LogP contribution >= 0.6 is 0 Å². The van der Waals surface area contributed by atoms with Crippen LogP contribution < -0.4 is 15.4 Å². The summed E-state index contributed by atoms with van der Waals surface area (Å²) < 4.78 is 24.8. The van der Waals surface area contributed by atoms with Gasteiger partial charge in [0.25, 0.3) is 5.91 Å². The van der Waals surface area contributed by atoms with Gasteiger partial charge in [-0.2, -0.15) is 0 Å². The predicted octanol–water partition coefficient (Wildman–Crippen LogP) is 3.46. The summed E-state index contributed by atoms with van der Waals surface area (Å²) >= 11 is 0. The Morgan fingerprint density at radius 3 is 2.71 bits per heavy atom. The van der Waals surface area contributed by atoms with E-state index < -0.39 is 35.9 Å². The van der Waals surface area contributed by atoms with Crippen molar-refractivity contribution in [3.05, 3.63) is 58.9 Å². The topological polar surface area (TPSA) is 117 Å². The molecule has 1 spiro atoms. The Balaban J connectivity index is 1.37. The number of anilines is 1. The van der Waals surface area contributed by atoms with E-state index in [0.717, 1.165) is 10.5 Å². The molecule has 38 heavy (non-hydrogen) atoms. The molecule has 2 N–H and O–H groups in total.